The fourth-order valence-corrected chi connectivity index (χ4v) is 2.81. The molecule has 2 aromatic rings. The van der Waals surface area contributed by atoms with Crippen molar-refractivity contribution in [3.8, 4) is 0 Å². The number of nitrogens with one attached hydrogen (secondary N) is 1. The van der Waals surface area contributed by atoms with Gasteiger partial charge in [0.2, 0.25) is 12.0 Å². The zero-order chi connectivity index (χ0) is 21.2. The van der Waals surface area contributed by atoms with Gasteiger partial charge in [0.1, 0.15) is 5.70 Å². The molecule has 0 saturated carbocycles. The largest absolute Gasteiger partial charge is 0.443 e. The van der Waals surface area contributed by atoms with Crippen molar-refractivity contribution in [2.45, 2.75) is 26.9 Å². The van der Waals surface area contributed by atoms with Crippen LogP contribution in [0.1, 0.15) is 38.0 Å². The Balaban J connectivity index is 2.36. The minimum Gasteiger partial charge on any atom is -0.443 e. The molecule has 6 nitrogen and oxygen atoms in total. The molecule has 0 aromatic heterocycles. The lowest BCUT2D eigenvalue weighted by molar-refractivity contribution is -0.158. The molecule has 1 atom stereocenters. The van der Waals surface area contributed by atoms with E-state index in [0.717, 1.165) is 5.56 Å². The topological polar surface area (TPSA) is 75.7 Å². The van der Waals surface area contributed by atoms with Crippen LogP contribution in [0.3, 0.4) is 0 Å². The minimum absolute atomic E-state index is 0.0306. The van der Waals surface area contributed by atoms with Crippen LogP contribution >= 0.6 is 0 Å². The standard InChI is InChI=1S/C23H26N2O4/c1-4-25(5-2)22(27)21(19-14-10-7-11-15-19)29-23(28)20(24-17(3)26)16-18-12-8-6-9-13-18/h6-16,21H,4-5H2,1-3H3,(H,24,26)/b20-16-/t21-/m1/s1. The molecule has 0 aliphatic carbocycles. The van der Waals surface area contributed by atoms with E-state index in [1.165, 1.54) is 13.0 Å². The van der Waals surface area contributed by atoms with Crippen molar-refractivity contribution in [1.82, 2.24) is 10.2 Å². The molecule has 6 heteroatoms. The predicted octanol–water partition coefficient (Wildman–Crippen LogP) is 3.32. The normalized spacial score (nSPS) is 12.0. The van der Waals surface area contributed by atoms with Gasteiger partial charge in [0.25, 0.3) is 5.91 Å². The van der Waals surface area contributed by atoms with Gasteiger partial charge >= 0.3 is 5.97 Å². The Morgan fingerprint density at radius 2 is 1.52 bits per heavy atom. The van der Waals surface area contributed by atoms with Crippen molar-refractivity contribution in [3.63, 3.8) is 0 Å². The summed E-state index contributed by atoms with van der Waals surface area (Å²) >= 11 is 0. The van der Waals surface area contributed by atoms with E-state index in [1.54, 1.807) is 41.3 Å². The number of nitrogens with zero attached hydrogens (tertiary/aromatic N) is 1. The molecule has 152 valence electrons. The first kappa shape index (κ1) is 21.9. The van der Waals surface area contributed by atoms with Crippen molar-refractivity contribution < 1.29 is 19.1 Å². The van der Waals surface area contributed by atoms with Gasteiger partial charge in [-0.1, -0.05) is 60.7 Å². The van der Waals surface area contributed by atoms with Gasteiger partial charge < -0.3 is 15.0 Å². The van der Waals surface area contributed by atoms with Crippen LogP contribution in [0.5, 0.6) is 0 Å². The van der Waals surface area contributed by atoms with E-state index in [-0.39, 0.29) is 11.6 Å². The summed E-state index contributed by atoms with van der Waals surface area (Å²) in [7, 11) is 0. The van der Waals surface area contributed by atoms with Gasteiger partial charge in [-0.2, -0.15) is 0 Å². The van der Waals surface area contributed by atoms with Crippen LogP contribution in [0, 0.1) is 0 Å². The Labute approximate surface area is 171 Å². The van der Waals surface area contributed by atoms with E-state index >= 15 is 0 Å². The molecule has 0 aliphatic rings. The second-order valence-electron chi connectivity index (χ2n) is 6.36. The molecule has 2 rings (SSSR count). The number of hydrogen-bond donors (Lipinski definition) is 1. The Bertz CT molecular complexity index is 859. The maximum absolute atomic E-state index is 13.0. The van der Waals surface area contributed by atoms with Crippen molar-refractivity contribution in [2.75, 3.05) is 13.1 Å². The van der Waals surface area contributed by atoms with Gasteiger partial charge in [0.05, 0.1) is 0 Å². The quantitative estimate of drug-likeness (QED) is 0.551. The number of esters is 1. The van der Waals surface area contributed by atoms with Gasteiger partial charge in [-0.15, -0.1) is 0 Å². The highest BCUT2D eigenvalue weighted by atomic mass is 16.5. The van der Waals surface area contributed by atoms with Gasteiger partial charge in [0.15, 0.2) is 0 Å². The fraction of sp³-hybridized carbons (Fsp3) is 0.261. The molecule has 0 bridgehead atoms. The van der Waals surface area contributed by atoms with Crippen molar-refractivity contribution >= 4 is 23.9 Å². The Morgan fingerprint density at radius 1 is 0.966 bits per heavy atom. The van der Waals surface area contributed by atoms with Gasteiger partial charge in [-0.05, 0) is 25.5 Å². The highest BCUT2D eigenvalue weighted by Gasteiger charge is 2.29. The van der Waals surface area contributed by atoms with Crippen LogP contribution < -0.4 is 5.32 Å². The molecule has 0 unspecified atom stereocenters. The number of hydrogen-bond acceptors (Lipinski definition) is 4. The van der Waals surface area contributed by atoms with Crippen LogP contribution in [-0.2, 0) is 19.1 Å². The summed E-state index contributed by atoms with van der Waals surface area (Å²) in [6, 6.07) is 17.9. The summed E-state index contributed by atoms with van der Waals surface area (Å²) in [4.78, 5) is 39.1. The highest BCUT2D eigenvalue weighted by Crippen LogP contribution is 2.22. The number of carbonyl (C=O) groups is 3. The van der Waals surface area contributed by atoms with Crippen LogP contribution in [0.15, 0.2) is 66.4 Å². The lowest BCUT2D eigenvalue weighted by Crippen LogP contribution is -2.37. The molecule has 0 spiro atoms. The maximum Gasteiger partial charge on any atom is 0.355 e. The van der Waals surface area contributed by atoms with E-state index in [9.17, 15) is 14.4 Å². The average molecular weight is 394 g/mol. The summed E-state index contributed by atoms with van der Waals surface area (Å²) in [6.07, 6.45) is 0.421. The first-order valence-electron chi connectivity index (χ1n) is 9.55. The first-order chi connectivity index (χ1) is 14.0. The van der Waals surface area contributed by atoms with Crippen molar-refractivity contribution in [2.24, 2.45) is 0 Å². The number of rotatable bonds is 8. The molecule has 0 fully saturated rings. The molecule has 2 aromatic carbocycles. The number of likely N-dealkylation sites (N-methyl/N-ethyl adjacent to an activating group) is 1. The third-order valence-corrected chi connectivity index (χ3v) is 4.27. The van der Waals surface area contributed by atoms with E-state index < -0.39 is 18.0 Å². The maximum atomic E-state index is 13.0. The summed E-state index contributed by atoms with van der Waals surface area (Å²) < 4.78 is 5.61. The smallest absolute Gasteiger partial charge is 0.355 e. The monoisotopic (exact) mass is 394 g/mol. The molecule has 0 heterocycles. The molecule has 2 amide bonds. The van der Waals surface area contributed by atoms with E-state index in [4.69, 9.17) is 4.74 Å². The zero-order valence-corrected chi connectivity index (χ0v) is 16.9. The average Bonchev–Trinajstić information content (AvgIpc) is 2.73. The minimum atomic E-state index is -1.10. The summed E-state index contributed by atoms with van der Waals surface area (Å²) in [6.45, 7) is 6.03. The molecule has 0 radical (unpaired) electrons. The Hall–Kier alpha value is -3.41. The van der Waals surface area contributed by atoms with Gasteiger partial charge in [-0.3, -0.25) is 9.59 Å². The third kappa shape index (κ3) is 6.31. The second kappa shape index (κ2) is 10.8. The van der Waals surface area contributed by atoms with Crippen LogP contribution in [0.4, 0.5) is 0 Å². The van der Waals surface area contributed by atoms with Crippen LogP contribution in [0.2, 0.25) is 0 Å². The molecule has 1 N–H and O–H groups in total. The number of benzene rings is 2. The van der Waals surface area contributed by atoms with Crippen molar-refractivity contribution in [1.29, 1.82) is 0 Å². The number of carbonyl (C=O) groups excluding carboxylic acids is 3. The fourth-order valence-electron chi connectivity index (χ4n) is 2.81. The second-order valence-corrected chi connectivity index (χ2v) is 6.36. The highest BCUT2D eigenvalue weighted by molar-refractivity contribution is 5.99. The molecule has 0 aliphatic heterocycles. The Morgan fingerprint density at radius 3 is 2.03 bits per heavy atom. The summed E-state index contributed by atoms with van der Waals surface area (Å²) in [5.74, 6) is -1.50. The zero-order valence-electron chi connectivity index (χ0n) is 16.9. The first-order valence-corrected chi connectivity index (χ1v) is 9.55. The lowest BCUT2D eigenvalue weighted by atomic mass is 10.1. The van der Waals surface area contributed by atoms with Crippen LogP contribution in [0.25, 0.3) is 6.08 Å². The number of ether oxygens (including phenoxy) is 1. The predicted molar refractivity (Wildman–Crippen MR) is 111 cm³/mol. The third-order valence-electron chi connectivity index (χ3n) is 4.27. The van der Waals surface area contributed by atoms with E-state index in [1.807, 2.05) is 38.1 Å². The summed E-state index contributed by atoms with van der Waals surface area (Å²) in [5.41, 5.74) is 1.26. The van der Waals surface area contributed by atoms with E-state index in [0.29, 0.717) is 18.7 Å². The van der Waals surface area contributed by atoms with E-state index in [2.05, 4.69) is 5.32 Å². The van der Waals surface area contributed by atoms with Crippen molar-refractivity contribution in [3.05, 3.63) is 77.5 Å². The number of amides is 2. The lowest BCUT2D eigenvalue weighted by Gasteiger charge is -2.25. The SMILES string of the molecule is CCN(CC)C(=O)[C@H](OC(=O)/C(=C/c1ccccc1)NC(C)=O)c1ccccc1. The van der Waals surface area contributed by atoms with Crippen LogP contribution in [-0.4, -0.2) is 35.8 Å². The Kier molecular flexibility index (Phi) is 8.15. The molecule has 0 saturated heterocycles. The molecular formula is C23H26N2O4. The summed E-state index contributed by atoms with van der Waals surface area (Å²) in [5, 5.41) is 2.50. The van der Waals surface area contributed by atoms with Gasteiger partial charge in [-0.25, -0.2) is 4.79 Å². The molecule has 29 heavy (non-hydrogen) atoms. The molecular weight excluding hydrogens is 368 g/mol. The van der Waals surface area contributed by atoms with Gasteiger partial charge in [0, 0.05) is 25.6 Å².